The highest BCUT2D eigenvalue weighted by molar-refractivity contribution is 5.98. The number of carbonyl (C=O) groups is 1. The number of ketones is 1. The number of Topliss-reactive ketones (excluding diaryl/α,β-unsaturated/α-hetero) is 1. The summed E-state index contributed by atoms with van der Waals surface area (Å²) in [6.45, 7) is 5.94. The van der Waals surface area contributed by atoms with Gasteiger partial charge in [-0.25, -0.2) is 13.8 Å². The lowest BCUT2D eigenvalue weighted by Crippen LogP contribution is -2.47. The van der Waals surface area contributed by atoms with Crippen LogP contribution in [0.4, 0.5) is 14.6 Å². The van der Waals surface area contributed by atoms with Gasteiger partial charge in [0, 0.05) is 51.4 Å². The van der Waals surface area contributed by atoms with Crippen molar-refractivity contribution in [1.82, 2.24) is 30.1 Å². The Balaban J connectivity index is 1.30. The number of nitrogens with zero attached hydrogens (tertiary/aromatic N) is 7. The van der Waals surface area contributed by atoms with Crippen molar-refractivity contribution in [1.29, 1.82) is 0 Å². The van der Waals surface area contributed by atoms with Crippen LogP contribution in [0.1, 0.15) is 29.1 Å². The predicted octanol–water partition coefficient (Wildman–Crippen LogP) is 2.15. The largest absolute Gasteiger partial charge is 0.354 e. The average molecular weight is 427 g/mol. The van der Waals surface area contributed by atoms with Crippen molar-refractivity contribution in [2.45, 2.75) is 19.4 Å². The second-order valence-electron chi connectivity index (χ2n) is 7.46. The van der Waals surface area contributed by atoms with Crippen molar-refractivity contribution in [3.63, 3.8) is 0 Å². The lowest BCUT2D eigenvalue weighted by atomic mass is 10.1. The molecule has 162 valence electrons. The molecule has 1 saturated heterocycles. The highest BCUT2D eigenvalue weighted by Gasteiger charge is 2.23. The minimum absolute atomic E-state index is 0.196. The van der Waals surface area contributed by atoms with Gasteiger partial charge in [-0.05, 0) is 36.4 Å². The van der Waals surface area contributed by atoms with Gasteiger partial charge in [0.25, 0.3) is 0 Å². The van der Waals surface area contributed by atoms with Crippen LogP contribution in [0.5, 0.6) is 0 Å². The van der Waals surface area contributed by atoms with Crippen molar-refractivity contribution in [2.24, 2.45) is 0 Å². The van der Waals surface area contributed by atoms with E-state index >= 15 is 0 Å². The maximum Gasteiger partial charge on any atom is 0.191 e. The zero-order valence-electron chi connectivity index (χ0n) is 17.2. The number of rotatable bonds is 7. The van der Waals surface area contributed by atoms with Gasteiger partial charge in [0.15, 0.2) is 11.6 Å². The zero-order chi connectivity index (χ0) is 21.8. The van der Waals surface area contributed by atoms with E-state index in [1.807, 2.05) is 18.2 Å². The smallest absolute Gasteiger partial charge is 0.191 e. The number of piperazine rings is 1. The number of carbonyl (C=O) groups excluding carboxylic acids is 1. The van der Waals surface area contributed by atoms with Crippen LogP contribution in [0.2, 0.25) is 0 Å². The van der Waals surface area contributed by atoms with E-state index in [1.54, 1.807) is 13.1 Å². The second kappa shape index (κ2) is 9.25. The summed E-state index contributed by atoms with van der Waals surface area (Å²) in [7, 11) is 0. The van der Waals surface area contributed by atoms with Gasteiger partial charge in [0.2, 0.25) is 0 Å². The van der Waals surface area contributed by atoms with Crippen molar-refractivity contribution >= 4 is 11.6 Å². The minimum atomic E-state index is -0.901. The van der Waals surface area contributed by atoms with Crippen LogP contribution in [0.3, 0.4) is 0 Å². The lowest BCUT2D eigenvalue weighted by Gasteiger charge is -2.35. The number of benzene rings is 1. The van der Waals surface area contributed by atoms with E-state index < -0.39 is 23.5 Å². The summed E-state index contributed by atoms with van der Waals surface area (Å²) in [4.78, 5) is 22.7. The fraction of sp³-hybridized carbons (Fsp3) is 0.381. The fourth-order valence-corrected chi connectivity index (χ4v) is 3.54. The molecule has 0 spiro atoms. The van der Waals surface area contributed by atoms with Crippen LogP contribution in [0.15, 0.2) is 42.6 Å². The van der Waals surface area contributed by atoms with Crippen molar-refractivity contribution in [2.75, 3.05) is 37.6 Å². The molecule has 0 amide bonds. The first-order valence-corrected chi connectivity index (χ1v) is 10.2. The molecule has 1 unspecified atom stereocenters. The Bertz CT molecular complexity index is 1040. The van der Waals surface area contributed by atoms with Crippen molar-refractivity contribution in [3.05, 3.63) is 65.6 Å². The summed E-state index contributed by atoms with van der Waals surface area (Å²) in [6.07, 6.45) is 2.39. The number of anilines is 1. The summed E-state index contributed by atoms with van der Waals surface area (Å²) < 4.78 is 27.0. The maximum absolute atomic E-state index is 13.9. The summed E-state index contributed by atoms with van der Waals surface area (Å²) in [5.74, 6) is -0.660. The molecule has 4 rings (SSSR count). The second-order valence-corrected chi connectivity index (χ2v) is 7.46. The Morgan fingerprint density at radius 2 is 1.94 bits per heavy atom. The van der Waals surface area contributed by atoms with Gasteiger partial charge in [-0.15, -0.1) is 10.2 Å². The molecule has 10 heteroatoms. The van der Waals surface area contributed by atoms with E-state index in [0.717, 1.165) is 50.7 Å². The van der Waals surface area contributed by atoms with Crippen molar-refractivity contribution in [3.8, 4) is 0 Å². The first-order chi connectivity index (χ1) is 15.0. The normalized spacial score (nSPS) is 15.8. The molecule has 2 aromatic heterocycles. The molecular formula is C21H23F2N7O. The average Bonchev–Trinajstić information content (AvgIpc) is 3.27. The molecule has 0 N–H and O–H groups in total. The highest BCUT2D eigenvalue weighted by Crippen LogP contribution is 2.17. The minimum Gasteiger partial charge on any atom is -0.354 e. The Morgan fingerprint density at radius 1 is 1.13 bits per heavy atom. The third-order valence-electron chi connectivity index (χ3n) is 5.39. The van der Waals surface area contributed by atoms with Crippen LogP contribution in [-0.4, -0.2) is 68.6 Å². The van der Waals surface area contributed by atoms with E-state index in [4.69, 9.17) is 0 Å². The Hall–Kier alpha value is -3.27. The predicted molar refractivity (Wildman–Crippen MR) is 110 cm³/mol. The summed E-state index contributed by atoms with van der Waals surface area (Å²) in [5, 5.41) is 12.3. The van der Waals surface area contributed by atoms with Crippen LogP contribution in [0.25, 0.3) is 0 Å². The molecule has 1 fully saturated rings. The molecule has 1 atom stereocenters. The molecule has 1 aromatic carbocycles. The van der Waals surface area contributed by atoms with Gasteiger partial charge in [0.05, 0.1) is 5.56 Å². The first-order valence-electron chi connectivity index (χ1n) is 10.2. The highest BCUT2D eigenvalue weighted by atomic mass is 19.1. The van der Waals surface area contributed by atoms with Crippen molar-refractivity contribution < 1.29 is 13.6 Å². The summed E-state index contributed by atoms with van der Waals surface area (Å²) >= 11 is 0. The number of hydrogen-bond donors (Lipinski definition) is 0. The topological polar surface area (TPSA) is 80.0 Å². The van der Waals surface area contributed by atoms with E-state index in [1.165, 1.54) is 4.80 Å². The van der Waals surface area contributed by atoms with Crippen LogP contribution >= 0.6 is 0 Å². The molecule has 3 heterocycles. The van der Waals surface area contributed by atoms with Crippen LogP contribution < -0.4 is 4.90 Å². The molecule has 0 radical (unpaired) electrons. The fourth-order valence-electron chi connectivity index (χ4n) is 3.54. The molecule has 0 aliphatic carbocycles. The van der Waals surface area contributed by atoms with Gasteiger partial charge in [-0.3, -0.25) is 9.69 Å². The number of tetrazole rings is 1. The van der Waals surface area contributed by atoms with Gasteiger partial charge >= 0.3 is 0 Å². The standard InChI is InChI=1S/C21H23F2N7O/c1-15(21(31)17-6-5-16(22)14-18(17)23)30-26-19(25-27-30)7-9-28-10-12-29(13-11-28)20-4-2-3-8-24-20/h2-6,8,14-15H,7,9-13H2,1H3. The third-order valence-corrected chi connectivity index (χ3v) is 5.39. The molecule has 1 aliphatic heterocycles. The van der Waals surface area contributed by atoms with E-state index in [0.29, 0.717) is 18.3 Å². The molecular weight excluding hydrogens is 404 g/mol. The first kappa shape index (κ1) is 21.0. The molecule has 1 aliphatic rings. The summed E-state index contributed by atoms with van der Waals surface area (Å²) in [5.41, 5.74) is -0.196. The number of hydrogen-bond acceptors (Lipinski definition) is 7. The van der Waals surface area contributed by atoms with Gasteiger partial charge in [0.1, 0.15) is 23.5 Å². The molecule has 3 aromatic rings. The van der Waals surface area contributed by atoms with Crippen LogP contribution in [0, 0.1) is 11.6 Å². The molecule has 0 bridgehead atoms. The van der Waals surface area contributed by atoms with Gasteiger partial charge in [-0.2, -0.15) is 4.80 Å². The van der Waals surface area contributed by atoms with E-state index in [-0.39, 0.29) is 5.56 Å². The van der Waals surface area contributed by atoms with E-state index in [9.17, 15) is 13.6 Å². The Kier molecular flexibility index (Phi) is 6.26. The van der Waals surface area contributed by atoms with Gasteiger partial charge < -0.3 is 4.90 Å². The molecule has 8 nitrogen and oxygen atoms in total. The Morgan fingerprint density at radius 3 is 2.65 bits per heavy atom. The zero-order valence-corrected chi connectivity index (χ0v) is 17.2. The van der Waals surface area contributed by atoms with E-state index in [2.05, 4.69) is 30.2 Å². The number of pyridine rings is 1. The lowest BCUT2D eigenvalue weighted by molar-refractivity contribution is 0.0913. The molecule has 31 heavy (non-hydrogen) atoms. The van der Waals surface area contributed by atoms with Gasteiger partial charge in [-0.1, -0.05) is 6.07 Å². The third kappa shape index (κ3) is 4.91. The quantitative estimate of drug-likeness (QED) is 0.535. The maximum atomic E-state index is 13.9. The SMILES string of the molecule is CC(C(=O)c1ccc(F)cc1F)n1nnc(CCN2CCN(c3ccccn3)CC2)n1. The van der Waals surface area contributed by atoms with Crippen LogP contribution in [-0.2, 0) is 6.42 Å². The summed E-state index contributed by atoms with van der Waals surface area (Å²) in [6, 6.07) is 7.93. The Labute approximate surface area is 178 Å². The number of aromatic nitrogens is 5. The molecule has 0 saturated carbocycles. The number of halogens is 2. The monoisotopic (exact) mass is 427 g/mol.